The van der Waals surface area contributed by atoms with Gasteiger partial charge in [0.25, 0.3) is 0 Å². The quantitative estimate of drug-likeness (QED) is 0.0319. The lowest BCUT2D eigenvalue weighted by Crippen LogP contribution is -2.01. The first-order valence-corrected chi connectivity index (χ1v) is 19.4. The summed E-state index contributed by atoms with van der Waals surface area (Å²) in [4.78, 5) is 22.3. The molecule has 1 rings (SSSR count). The van der Waals surface area contributed by atoms with Gasteiger partial charge in [-0.25, -0.2) is 9.59 Å². The largest absolute Gasteiger partial charge is 0.386 e. The van der Waals surface area contributed by atoms with Crippen LogP contribution in [0.1, 0.15) is 219 Å². The lowest BCUT2D eigenvalue weighted by Gasteiger charge is -2.04. The molecule has 0 fully saturated rings. The highest BCUT2D eigenvalue weighted by atomic mass is 16.6. The molecule has 0 aromatic carbocycles. The number of unbranched alkanes of at least 4 members (excludes halogenated alkanes) is 31. The van der Waals surface area contributed by atoms with Crippen molar-refractivity contribution in [2.75, 3.05) is 0 Å². The molecule has 0 amide bonds. The Bertz CT molecular complexity index is 692. The fourth-order valence-electron chi connectivity index (χ4n) is 6.32. The number of carbonyl (C=O) groups excluding carboxylic acids is 2. The summed E-state index contributed by atoms with van der Waals surface area (Å²) in [7, 11) is 0. The molecule has 3 heteroatoms. The number of carbonyl (C=O) groups is 2. The molecule has 1 heterocycles. The van der Waals surface area contributed by atoms with Crippen molar-refractivity contribution in [3.05, 3.63) is 23.8 Å². The molecule has 0 atom stereocenters. The fraction of sp³-hybridized carbons (Fsp3) is 0.850. The third-order valence-electron chi connectivity index (χ3n) is 9.23. The van der Waals surface area contributed by atoms with Gasteiger partial charge < -0.3 is 4.74 Å². The Morgan fingerprint density at radius 1 is 0.442 bits per heavy atom. The van der Waals surface area contributed by atoms with Gasteiger partial charge in [-0.1, -0.05) is 212 Å². The normalized spacial score (nSPS) is 13.4. The minimum Gasteiger partial charge on any atom is -0.386 e. The molecule has 0 N–H and O–H groups in total. The molecule has 3 nitrogen and oxygen atoms in total. The molecule has 1 aliphatic rings. The van der Waals surface area contributed by atoms with Crippen molar-refractivity contribution in [3.63, 3.8) is 0 Å². The summed E-state index contributed by atoms with van der Waals surface area (Å²) in [6.45, 7) is 2.30. The summed E-state index contributed by atoms with van der Waals surface area (Å²) in [5, 5.41) is 0. The maximum atomic E-state index is 11.3. The summed E-state index contributed by atoms with van der Waals surface area (Å²) >= 11 is 0. The lowest BCUT2D eigenvalue weighted by molar-refractivity contribution is -0.150. The van der Waals surface area contributed by atoms with E-state index in [1.54, 1.807) is 0 Å². The molecule has 0 bridgehead atoms. The van der Waals surface area contributed by atoms with Crippen LogP contribution in [0.15, 0.2) is 23.8 Å². The third-order valence-corrected chi connectivity index (χ3v) is 9.23. The highest BCUT2D eigenvalue weighted by molar-refractivity contribution is 6.08. The third kappa shape index (κ3) is 27.9. The van der Waals surface area contributed by atoms with E-state index in [9.17, 15) is 9.59 Å². The zero-order chi connectivity index (χ0) is 30.9. The minimum absolute atomic E-state index is 0.470. The average Bonchev–Trinajstić information content (AvgIpc) is 3.33. The zero-order valence-corrected chi connectivity index (χ0v) is 28.8. The van der Waals surface area contributed by atoms with E-state index in [4.69, 9.17) is 0 Å². The number of cyclic esters (lactones) is 2. The maximum Gasteiger partial charge on any atom is 0.342 e. The highest BCUT2D eigenvalue weighted by Crippen LogP contribution is 2.17. The minimum atomic E-state index is -0.533. The van der Waals surface area contributed by atoms with Gasteiger partial charge in [-0.05, 0) is 19.3 Å². The Hall–Kier alpha value is -1.38. The molecule has 0 saturated carbocycles. The zero-order valence-electron chi connectivity index (χ0n) is 28.8. The summed E-state index contributed by atoms with van der Waals surface area (Å²) in [6, 6.07) is 0. The molecular weight excluding hydrogens is 528 g/mol. The second-order valence-corrected chi connectivity index (χ2v) is 13.4. The maximum absolute atomic E-state index is 11.3. The molecule has 250 valence electrons. The van der Waals surface area contributed by atoms with E-state index in [1.807, 2.05) is 6.08 Å². The van der Waals surface area contributed by atoms with Crippen molar-refractivity contribution in [1.82, 2.24) is 0 Å². The van der Waals surface area contributed by atoms with E-state index in [0.29, 0.717) is 12.0 Å². The van der Waals surface area contributed by atoms with E-state index in [1.165, 1.54) is 205 Å². The van der Waals surface area contributed by atoms with Crippen LogP contribution in [0.2, 0.25) is 0 Å². The first-order chi connectivity index (χ1) is 21.2. The van der Waals surface area contributed by atoms with Gasteiger partial charge in [-0.3, -0.25) is 0 Å². The van der Waals surface area contributed by atoms with Gasteiger partial charge in [0, 0.05) is 11.6 Å². The van der Waals surface area contributed by atoms with Gasteiger partial charge in [0.1, 0.15) is 0 Å². The molecule has 43 heavy (non-hydrogen) atoms. The number of allylic oxidation sites excluding steroid dienone is 2. The Labute approximate surface area is 268 Å². The van der Waals surface area contributed by atoms with Crippen molar-refractivity contribution < 1.29 is 14.3 Å². The predicted octanol–water partition coefficient (Wildman–Crippen LogP) is 13.4. The molecule has 0 spiro atoms. The van der Waals surface area contributed by atoms with Gasteiger partial charge in [0.2, 0.25) is 0 Å². The first kappa shape index (κ1) is 39.6. The Morgan fingerprint density at radius 3 is 1.02 bits per heavy atom. The summed E-state index contributed by atoms with van der Waals surface area (Å²) in [5.74, 6) is -1.02. The van der Waals surface area contributed by atoms with E-state index in [0.717, 1.165) is 6.42 Å². The SMILES string of the molecule is CCCCCCCCCCCCCCCCCCCCCCCCCCCCCCCCCC=CCC1=CC(=O)OC1=O. The van der Waals surface area contributed by atoms with E-state index >= 15 is 0 Å². The second kappa shape index (κ2) is 32.0. The van der Waals surface area contributed by atoms with Crippen molar-refractivity contribution in [2.45, 2.75) is 219 Å². The molecule has 1 aliphatic heterocycles. The summed E-state index contributed by atoms with van der Waals surface area (Å²) in [5.41, 5.74) is 0.470. The van der Waals surface area contributed by atoms with Crippen molar-refractivity contribution >= 4 is 11.9 Å². The fourth-order valence-corrected chi connectivity index (χ4v) is 6.32. The smallest absolute Gasteiger partial charge is 0.342 e. The molecule has 0 radical (unpaired) electrons. The van der Waals surface area contributed by atoms with E-state index < -0.39 is 11.9 Å². The number of hydrogen-bond acceptors (Lipinski definition) is 3. The Balaban J connectivity index is 1.64. The Morgan fingerprint density at radius 2 is 0.744 bits per heavy atom. The highest BCUT2D eigenvalue weighted by Gasteiger charge is 2.21. The topological polar surface area (TPSA) is 43.4 Å². The van der Waals surface area contributed by atoms with Gasteiger partial charge in [-0.2, -0.15) is 0 Å². The van der Waals surface area contributed by atoms with Gasteiger partial charge in [-0.15, -0.1) is 0 Å². The van der Waals surface area contributed by atoms with Crippen molar-refractivity contribution in [1.29, 1.82) is 0 Å². The van der Waals surface area contributed by atoms with E-state index in [2.05, 4.69) is 17.7 Å². The standard InChI is InChI=1S/C40H72O3/c1-2-3-4-5-6-7-8-9-10-11-12-13-14-15-16-17-18-19-20-21-22-23-24-25-26-27-28-29-30-31-32-33-34-35-36-38-37-39(41)43-40(38)42/h34-35,37H,2-33,36H2,1H3. The van der Waals surface area contributed by atoms with Crippen LogP contribution in [-0.4, -0.2) is 11.9 Å². The van der Waals surface area contributed by atoms with Crippen LogP contribution < -0.4 is 0 Å². The number of ether oxygens (including phenoxy) is 1. The van der Waals surface area contributed by atoms with Crippen LogP contribution in [0.5, 0.6) is 0 Å². The molecule has 0 saturated heterocycles. The van der Waals surface area contributed by atoms with Gasteiger partial charge in [0.05, 0.1) is 0 Å². The van der Waals surface area contributed by atoms with Crippen LogP contribution in [-0.2, 0) is 14.3 Å². The van der Waals surface area contributed by atoms with Gasteiger partial charge >= 0.3 is 11.9 Å². The average molecular weight is 601 g/mol. The second-order valence-electron chi connectivity index (χ2n) is 13.4. The molecule has 0 unspecified atom stereocenters. The monoisotopic (exact) mass is 601 g/mol. The number of hydrogen-bond donors (Lipinski definition) is 0. The van der Waals surface area contributed by atoms with Crippen LogP contribution in [0.4, 0.5) is 0 Å². The summed E-state index contributed by atoms with van der Waals surface area (Å²) < 4.78 is 4.49. The molecular formula is C40H72O3. The van der Waals surface area contributed by atoms with Gasteiger partial charge in [0.15, 0.2) is 0 Å². The number of esters is 2. The molecule has 0 aromatic rings. The Kier molecular flexibility index (Phi) is 29.5. The van der Waals surface area contributed by atoms with Crippen LogP contribution in [0.25, 0.3) is 0 Å². The van der Waals surface area contributed by atoms with Crippen LogP contribution in [0.3, 0.4) is 0 Å². The van der Waals surface area contributed by atoms with Crippen LogP contribution in [0, 0.1) is 0 Å². The summed E-state index contributed by atoms with van der Waals surface area (Å²) in [6.07, 6.45) is 51.4. The number of rotatable bonds is 34. The predicted molar refractivity (Wildman–Crippen MR) is 186 cm³/mol. The van der Waals surface area contributed by atoms with Crippen molar-refractivity contribution in [2.24, 2.45) is 0 Å². The van der Waals surface area contributed by atoms with E-state index in [-0.39, 0.29) is 0 Å². The van der Waals surface area contributed by atoms with Crippen molar-refractivity contribution in [3.8, 4) is 0 Å². The lowest BCUT2D eigenvalue weighted by atomic mass is 10.0. The van der Waals surface area contributed by atoms with Crippen LogP contribution >= 0.6 is 0 Å². The molecule has 0 aromatic heterocycles. The molecule has 0 aliphatic carbocycles. The first-order valence-electron chi connectivity index (χ1n) is 19.4.